The maximum Gasteiger partial charge on any atom is 0.0649 e. The Bertz CT molecular complexity index is 415. The fourth-order valence-electron chi connectivity index (χ4n) is 3.45. The summed E-state index contributed by atoms with van der Waals surface area (Å²) in [5.41, 5.74) is 1.57. The third kappa shape index (κ3) is 3.37. The molecule has 2 heterocycles. The Morgan fingerprint density at radius 2 is 2.05 bits per heavy atom. The molecule has 1 aliphatic heterocycles. The third-order valence-corrected chi connectivity index (χ3v) is 6.95. The zero-order valence-electron chi connectivity index (χ0n) is 12.0. The quantitative estimate of drug-likeness (QED) is 0.750. The standard InChI is InChI=1S/C16H25NS2/c1-11-4-3-5-13(7-6-11)17-15-10-12(2)19-16-14(15)8-9-18-16/h8-9,11-13,15,17H,3-7,10H2,1-2H3/t11?,12-,13?,15?/m0/s1. The molecule has 0 bridgehead atoms. The number of rotatable bonds is 2. The summed E-state index contributed by atoms with van der Waals surface area (Å²) in [5.74, 6) is 0.935. The molecule has 0 aromatic carbocycles. The Morgan fingerprint density at radius 3 is 2.95 bits per heavy atom. The molecular formula is C16H25NS2. The first-order chi connectivity index (χ1) is 9.22. The molecule has 4 atom stereocenters. The predicted molar refractivity (Wildman–Crippen MR) is 86.2 cm³/mol. The summed E-state index contributed by atoms with van der Waals surface area (Å²) in [7, 11) is 0. The van der Waals surface area contributed by atoms with Gasteiger partial charge >= 0.3 is 0 Å². The van der Waals surface area contributed by atoms with E-state index in [-0.39, 0.29) is 0 Å². The topological polar surface area (TPSA) is 12.0 Å². The van der Waals surface area contributed by atoms with Gasteiger partial charge in [-0.1, -0.05) is 26.7 Å². The van der Waals surface area contributed by atoms with Crippen molar-refractivity contribution < 1.29 is 0 Å². The van der Waals surface area contributed by atoms with Crippen LogP contribution in [-0.2, 0) is 0 Å². The number of nitrogens with one attached hydrogen (secondary N) is 1. The minimum atomic E-state index is 0.607. The van der Waals surface area contributed by atoms with Crippen LogP contribution in [0.3, 0.4) is 0 Å². The number of thioether (sulfide) groups is 1. The highest BCUT2D eigenvalue weighted by molar-refractivity contribution is 8.01. The number of fused-ring (bicyclic) bond motifs is 1. The summed E-state index contributed by atoms with van der Waals surface area (Å²) in [6.07, 6.45) is 8.29. The molecule has 1 fully saturated rings. The van der Waals surface area contributed by atoms with E-state index in [1.165, 1.54) is 38.5 Å². The van der Waals surface area contributed by atoms with Crippen molar-refractivity contribution in [2.24, 2.45) is 5.92 Å². The second kappa shape index (κ2) is 6.19. The van der Waals surface area contributed by atoms with Crippen molar-refractivity contribution in [2.45, 2.75) is 73.9 Å². The molecule has 1 N–H and O–H groups in total. The second-order valence-electron chi connectivity index (χ2n) is 6.36. The minimum absolute atomic E-state index is 0.607. The normalized spacial score (nSPS) is 35.7. The SMILES string of the molecule is CC1CCCC(NC2C[C@H](C)Sc3sccc32)CC1. The van der Waals surface area contributed by atoms with Crippen molar-refractivity contribution in [3.05, 3.63) is 17.0 Å². The average Bonchev–Trinajstić information content (AvgIpc) is 2.74. The fourth-order valence-corrected chi connectivity index (χ4v) is 6.01. The van der Waals surface area contributed by atoms with E-state index >= 15 is 0 Å². The van der Waals surface area contributed by atoms with Crippen molar-refractivity contribution in [3.63, 3.8) is 0 Å². The van der Waals surface area contributed by atoms with Crippen molar-refractivity contribution in [1.82, 2.24) is 5.32 Å². The highest BCUT2D eigenvalue weighted by Crippen LogP contribution is 2.44. The van der Waals surface area contributed by atoms with Gasteiger partial charge in [-0.3, -0.25) is 0 Å². The summed E-state index contributed by atoms with van der Waals surface area (Å²) < 4.78 is 1.55. The molecule has 1 aromatic heterocycles. The van der Waals surface area contributed by atoms with Crippen molar-refractivity contribution in [1.29, 1.82) is 0 Å². The van der Waals surface area contributed by atoms with E-state index < -0.39 is 0 Å². The Hall–Kier alpha value is 0.0100. The van der Waals surface area contributed by atoms with E-state index in [0.717, 1.165) is 17.2 Å². The lowest BCUT2D eigenvalue weighted by Gasteiger charge is -2.31. The monoisotopic (exact) mass is 295 g/mol. The fraction of sp³-hybridized carbons (Fsp3) is 0.750. The molecule has 106 valence electrons. The first-order valence-electron chi connectivity index (χ1n) is 7.72. The molecule has 0 radical (unpaired) electrons. The lowest BCUT2D eigenvalue weighted by molar-refractivity contribution is 0.376. The molecule has 0 spiro atoms. The van der Waals surface area contributed by atoms with Gasteiger partial charge in [0.25, 0.3) is 0 Å². The van der Waals surface area contributed by atoms with Gasteiger partial charge in [0.2, 0.25) is 0 Å². The molecule has 1 aliphatic carbocycles. The van der Waals surface area contributed by atoms with Crippen LogP contribution in [0, 0.1) is 5.92 Å². The van der Waals surface area contributed by atoms with E-state index in [1.807, 2.05) is 11.3 Å². The summed E-state index contributed by atoms with van der Waals surface area (Å²) in [6.45, 7) is 4.79. The van der Waals surface area contributed by atoms with Gasteiger partial charge in [-0.2, -0.15) is 0 Å². The maximum absolute atomic E-state index is 3.98. The van der Waals surface area contributed by atoms with Gasteiger partial charge in [0, 0.05) is 17.3 Å². The van der Waals surface area contributed by atoms with Crippen molar-refractivity contribution in [3.8, 4) is 0 Å². The third-order valence-electron chi connectivity index (χ3n) is 4.60. The smallest absolute Gasteiger partial charge is 0.0649 e. The van der Waals surface area contributed by atoms with Gasteiger partial charge in [0.15, 0.2) is 0 Å². The van der Waals surface area contributed by atoms with E-state index in [4.69, 9.17) is 0 Å². The molecule has 1 aromatic rings. The summed E-state index contributed by atoms with van der Waals surface area (Å²) in [6, 6.07) is 3.70. The molecule has 3 heteroatoms. The molecule has 1 saturated carbocycles. The molecule has 0 amide bonds. The van der Waals surface area contributed by atoms with E-state index in [2.05, 4.69) is 42.4 Å². The molecule has 1 nitrogen and oxygen atoms in total. The van der Waals surface area contributed by atoms with E-state index in [0.29, 0.717) is 6.04 Å². The van der Waals surface area contributed by atoms with Crippen LogP contribution in [0.15, 0.2) is 15.7 Å². The van der Waals surface area contributed by atoms with Crippen LogP contribution in [0.25, 0.3) is 0 Å². The number of hydrogen-bond donors (Lipinski definition) is 1. The van der Waals surface area contributed by atoms with E-state index in [9.17, 15) is 0 Å². The minimum Gasteiger partial charge on any atom is -0.307 e. The van der Waals surface area contributed by atoms with Crippen LogP contribution in [0.2, 0.25) is 0 Å². The van der Waals surface area contributed by atoms with Crippen LogP contribution in [0.5, 0.6) is 0 Å². The van der Waals surface area contributed by atoms with Gasteiger partial charge in [0.05, 0.1) is 4.21 Å². The molecule has 3 rings (SSSR count). The molecule has 0 saturated heterocycles. The van der Waals surface area contributed by atoms with Crippen LogP contribution in [0.4, 0.5) is 0 Å². The number of thiophene rings is 1. The number of hydrogen-bond acceptors (Lipinski definition) is 3. The Morgan fingerprint density at radius 1 is 1.16 bits per heavy atom. The second-order valence-corrected chi connectivity index (χ2v) is 8.98. The van der Waals surface area contributed by atoms with Crippen molar-refractivity contribution >= 4 is 23.1 Å². The van der Waals surface area contributed by atoms with Gasteiger partial charge in [0.1, 0.15) is 0 Å². The van der Waals surface area contributed by atoms with Crippen molar-refractivity contribution in [2.75, 3.05) is 0 Å². The highest BCUT2D eigenvalue weighted by atomic mass is 32.2. The van der Waals surface area contributed by atoms with Crippen LogP contribution < -0.4 is 5.32 Å². The lowest BCUT2D eigenvalue weighted by Crippen LogP contribution is -2.35. The van der Waals surface area contributed by atoms with E-state index in [1.54, 1.807) is 9.77 Å². The predicted octanol–water partition coefficient (Wildman–Crippen LogP) is 5.23. The van der Waals surface area contributed by atoms with Crippen LogP contribution >= 0.6 is 23.1 Å². The summed E-state index contributed by atoms with van der Waals surface area (Å²) >= 11 is 3.99. The van der Waals surface area contributed by atoms with Gasteiger partial charge in [-0.15, -0.1) is 23.1 Å². The maximum atomic E-state index is 3.98. The Labute approximate surface area is 125 Å². The van der Waals surface area contributed by atoms with Crippen LogP contribution in [0.1, 0.15) is 64.0 Å². The first kappa shape index (κ1) is 14.0. The first-order valence-corrected chi connectivity index (χ1v) is 9.48. The van der Waals surface area contributed by atoms with Gasteiger partial charge in [-0.05, 0) is 48.6 Å². The Balaban J connectivity index is 1.67. The highest BCUT2D eigenvalue weighted by Gasteiger charge is 2.28. The Kier molecular flexibility index (Phi) is 4.55. The van der Waals surface area contributed by atoms with Gasteiger partial charge in [-0.25, -0.2) is 0 Å². The molecule has 19 heavy (non-hydrogen) atoms. The van der Waals surface area contributed by atoms with Gasteiger partial charge < -0.3 is 5.32 Å². The molecule has 2 aliphatic rings. The zero-order valence-corrected chi connectivity index (χ0v) is 13.7. The largest absolute Gasteiger partial charge is 0.307 e. The summed E-state index contributed by atoms with van der Waals surface area (Å²) in [4.78, 5) is 0. The zero-order chi connectivity index (χ0) is 13.2. The van der Waals surface area contributed by atoms with Crippen LogP contribution in [-0.4, -0.2) is 11.3 Å². The lowest BCUT2D eigenvalue weighted by atomic mass is 10.0. The molecular weight excluding hydrogens is 270 g/mol. The average molecular weight is 296 g/mol. The summed E-state index contributed by atoms with van der Waals surface area (Å²) in [5, 5.41) is 7.01. The molecule has 3 unspecified atom stereocenters.